The van der Waals surface area contributed by atoms with E-state index in [9.17, 15) is 8.78 Å². The van der Waals surface area contributed by atoms with Crippen LogP contribution < -0.4 is 15.4 Å². The molecule has 0 bridgehead atoms. The highest BCUT2D eigenvalue weighted by molar-refractivity contribution is 14.0. The second-order valence-corrected chi connectivity index (χ2v) is 6.09. The van der Waals surface area contributed by atoms with Crippen LogP contribution in [0.5, 0.6) is 5.75 Å². The molecule has 146 valence electrons. The second kappa shape index (κ2) is 9.72. The van der Waals surface area contributed by atoms with Gasteiger partial charge in [-0.05, 0) is 42.0 Å². The molecule has 1 aliphatic rings. The largest absolute Gasteiger partial charge is 0.494 e. The van der Waals surface area contributed by atoms with Crippen LogP contribution in [-0.4, -0.2) is 44.1 Å². The number of anilines is 1. The fraction of sp³-hybridized carbons (Fsp3) is 0.316. The van der Waals surface area contributed by atoms with Gasteiger partial charge in [-0.15, -0.1) is 24.0 Å². The van der Waals surface area contributed by atoms with Crippen molar-refractivity contribution < 1.29 is 13.5 Å². The predicted octanol–water partition coefficient (Wildman–Crippen LogP) is 3.23. The molecule has 3 rings (SSSR count). The molecule has 1 aliphatic heterocycles. The molecule has 0 aromatic heterocycles. The van der Waals surface area contributed by atoms with Gasteiger partial charge in [0.25, 0.3) is 0 Å². The Morgan fingerprint density at radius 2 is 1.74 bits per heavy atom. The number of methoxy groups -OCH3 is 1. The number of benzene rings is 2. The van der Waals surface area contributed by atoms with E-state index in [0.717, 1.165) is 37.4 Å². The van der Waals surface area contributed by atoms with Crippen LogP contribution in [0.4, 0.5) is 14.5 Å². The Balaban J connectivity index is 0.00000261. The second-order valence-electron chi connectivity index (χ2n) is 6.09. The predicted molar refractivity (Wildman–Crippen MR) is 114 cm³/mol. The van der Waals surface area contributed by atoms with Gasteiger partial charge in [-0.3, -0.25) is 0 Å². The van der Waals surface area contributed by atoms with Gasteiger partial charge in [-0.25, -0.2) is 13.8 Å². The number of rotatable bonds is 4. The lowest BCUT2D eigenvalue weighted by Crippen LogP contribution is -2.51. The average Bonchev–Trinajstić information content (AvgIpc) is 2.67. The van der Waals surface area contributed by atoms with Crippen LogP contribution >= 0.6 is 24.0 Å². The van der Waals surface area contributed by atoms with Gasteiger partial charge < -0.3 is 20.3 Å². The van der Waals surface area contributed by atoms with Gasteiger partial charge in [0.2, 0.25) is 0 Å². The summed E-state index contributed by atoms with van der Waals surface area (Å²) in [7, 11) is 1.43. The number of aliphatic imine (C=N–C) groups is 1. The minimum absolute atomic E-state index is 0. The Kier molecular flexibility index (Phi) is 7.64. The molecule has 5 nitrogen and oxygen atoms in total. The number of nitrogens with two attached hydrogens (primary N) is 1. The molecule has 0 saturated carbocycles. The topological polar surface area (TPSA) is 54.1 Å². The highest BCUT2D eigenvalue weighted by Crippen LogP contribution is 2.19. The zero-order valence-electron chi connectivity index (χ0n) is 15.1. The molecule has 1 heterocycles. The lowest BCUT2D eigenvalue weighted by atomic mass is 10.2. The van der Waals surface area contributed by atoms with Crippen LogP contribution in [0.25, 0.3) is 0 Å². The van der Waals surface area contributed by atoms with Crippen molar-refractivity contribution in [1.29, 1.82) is 0 Å². The Labute approximate surface area is 174 Å². The van der Waals surface area contributed by atoms with E-state index < -0.39 is 5.82 Å². The standard InChI is InChI=1S/C19H22F2N4O.HI/c1-26-18-7-2-14(12-17(18)21)13-23-19(22)25-10-8-24(9-11-25)16-5-3-15(20)4-6-16;/h2-7,12H,8-11,13H2,1H3,(H2,22,23);1H. The molecule has 1 saturated heterocycles. The Morgan fingerprint density at radius 3 is 2.33 bits per heavy atom. The summed E-state index contributed by atoms with van der Waals surface area (Å²) in [4.78, 5) is 8.55. The summed E-state index contributed by atoms with van der Waals surface area (Å²) in [6.45, 7) is 3.32. The third-order valence-corrected chi connectivity index (χ3v) is 4.44. The van der Waals surface area contributed by atoms with Crippen molar-refractivity contribution in [3.8, 4) is 5.75 Å². The minimum Gasteiger partial charge on any atom is -0.494 e. The van der Waals surface area contributed by atoms with Crippen molar-refractivity contribution in [1.82, 2.24) is 4.90 Å². The van der Waals surface area contributed by atoms with Crippen molar-refractivity contribution in [2.45, 2.75) is 6.54 Å². The summed E-state index contributed by atoms with van der Waals surface area (Å²) in [5.74, 6) is 0.00742. The molecule has 2 N–H and O–H groups in total. The fourth-order valence-electron chi connectivity index (χ4n) is 2.93. The van der Waals surface area contributed by atoms with Crippen LogP contribution in [0.2, 0.25) is 0 Å². The van der Waals surface area contributed by atoms with E-state index in [1.165, 1.54) is 25.3 Å². The minimum atomic E-state index is -0.410. The first kappa shape index (κ1) is 21.2. The molecule has 8 heteroatoms. The highest BCUT2D eigenvalue weighted by Gasteiger charge is 2.18. The first-order chi connectivity index (χ1) is 12.6. The first-order valence-electron chi connectivity index (χ1n) is 8.44. The highest BCUT2D eigenvalue weighted by atomic mass is 127. The summed E-state index contributed by atoms with van der Waals surface area (Å²) < 4.78 is 31.6. The van der Waals surface area contributed by atoms with Crippen LogP contribution in [-0.2, 0) is 6.54 Å². The van der Waals surface area contributed by atoms with Crippen molar-refractivity contribution in [2.75, 3.05) is 38.2 Å². The molecule has 0 aliphatic carbocycles. The van der Waals surface area contributed by atoms with Gasteiger partial charge >= 0.3 is 0 Å². The third-order valence-electron chi connectivity index (χ3n) is 4.44. The third kappa shape index (κ3) is 5.44. The number of halogens is 3. The Hall–Kier alpha value is -2.10. The molecular formula is C19H23F2IN4O. The quantitative estimate of drug-likeness (QED) is 0.408. The SMILES string of the molecule is COc1ccc(CN=C(N)N2CCN(c3ccc(F)cc3)CC2)cc1F.I. The molecule has 2 aromatic carbocycles. The van der Waals surface area contributed by atoms with E-state index in [0.29, 0.717) is 12.5 Å². The van der Waals surface area contributed by atoms with Crippen molar-refractivity contribution in [3.05, 3.63) is 59.7 Å². The number of ether oxygens (including phenoxy) is 1. The number of hydrogen-bond acceptors (Lipinski definition) is 3. The van der Waals surface area contributed by atoms with E-state index in [1.807, 2.05) is 4.90 Å². The normalized spacial score (nSPS) is 14.7. The van der Waals surface area contributed by atoms with E-state index >= 15 is 0 Å². The Bertz CT molecular complexity index is 778. The van der Waals surface area contributed by atoms with Crippen LogP contribution in [0.3, 0.4) is 0 Å². The monoisotopic (exact) mass is 488 g/mol. The summed E-state index contributed by atoms with van der Waals surface area (Å²) in [5.41, 5.74) is 7.81. The Morgan fingerprint density at radius 1 is 1.07 bits per heavy atom. The average molecular weight is 488 g/mol. The molecule has 2 aromatic rings. The number of hydrogen-bond donors (Lipinski definition) is 1. The van der Waals surface area contributed by atoms with Crippen molar-refractivity contribution in [3.63, 3.8) is 0 Å². The lowest BCUT2D eigenvalue weighted by molar-refractivity contribution is 0.380. The number of piperazine rings is 1. The van der Waals surface area contributed by atoms with Crippen molar-refractivity contribution >= 4 is 35.6 Å². The van der Waals surface area contributed by atoms with E-state index in [2.05, 4.69) is 9.89 Å². The van der Waals surface area contributed by atoms with Gasteiger partial charge in [0, 0.05) is 31.9 Å². The van der Waals surface area contributed by atoms with E-state index in [-0.39, 0.29) is 35.5 Å². The smallest absolute Gasteiger partial charge is 0.191 e. The van der Waals surface area contributed by atoms with Gasteiger partial charge in [0.1, 0.15) is 5.82 Å². The molecule has 0 amide bonds. The van der Waals surface area contributed by atoms with Gasteiger partial charge in [0.15, 0.2) is 17.5 Å². The summed E-state index contributed by atoms with van der Waals surface area (Å²) in [6.07, 6.45) is 0. The van der Waals surface area contributed by atoms with E-state index in [4.69, 9.17) is 10.5 Å². The number of guanidine groups is 1. The summed E-state index contributed by atoms with van der Waals surface area (Å²) in [5, 5.41) is 0. The maximum atomic E-state index is 13.7. The molecule has 27 heavy (non-hydrogen) atoms. The van der Waals surface area contributed by atoms with E-state index in [1.54, 1.807) is 24.3 Å². The molecular weight excluding hydrogens is 465 g/mol. The summed E-state index contributed by atoms with van der Waals surface area (Å²) in [6, 6.07) is 11.2. The zero-order chi connectivity index (χ0) is 18.5. The molecule has 0 atom stereocenters. The summed E-state index contributed by atoms with van der Waals surface area (Å²) >= 11 is 0. The maximum Gasteiger partial charge on any atom is 0.191 e. The van der Waals surface area contributed by atoms with Crippen LogP contribution in [0.15, 0.2) is 47.5 Å². The zero-order valence-corrected chi connectivity index (χ0v) is 17.4. The fourth-order valence-corrected chi connectivity index (χ4v) is 2.93. The van der Waals surface area contributed by atoms with Crippen LogP contribution in [0, 0.1) is 11.6 Å². The molecule has 0 unspecified atom stereocenters. The molecule has 1 fully saturated rings. The molecule has 0 radical (unpaired) electrons. The van der Waals surface area contributed by atoms with Gasteiger partial charge in [-0.2, -0.15) is 0 Å². The first-order valence-corrected chi connectivity index (χ1v) is 8.44. The van der Waals surface area contributed by atoms with Crippen molar-refractivity contribution in [2.24, 2.45) is 10.7 Å². The molecule has 0 spiro atoms. The maximum absolute atomic E-state index is 13.7. The lowest BCUT2D eigenvalue weighted by Gasteiger charge is -2.36. The van der Waals surface area contributed by atoms with Gasteiger partial charge in [0.05, 0.1) is 13.7 Å². The number of nitrogens with zero attached hydrogens (tertiary/aromatic N) is 3. The van der Waals surface area contributed by atoms with Gasteiger partial charge in [-0.1, -0.05) is 6.07 Å². The van der Waals surface area contributed by atoms with Crippen LogP contribution in [0.1, 0.15) is 5.56 Å².